The van der Waals surface area contributed by atoms with Crippen LogP contribution >= 0.6 is 0 Å². The fraction of sp³-hybridized carbons (Fsp3) is 0.111. The summed E-state index contributed by atoms with van der Waals surface area (Å²) in [6.45, 7) is 0.494. The molecule has 24 heavy (non-hydrogen) atoms. The summed E-state index contributed by atoms with van der Waals surface area (Å²) < 4.78 is 6.42. The van der Waals surface area contributed by atoms with E-state index in [0.29, 0.717) is 17.7 Å². The highest BCUT2D eigenvalue weighted by molar-refractivity contribution is 5.89. The molecule has 0 unspecified atom stereocenters. The van der Waals surface area contributed by atoms with Crippen LogP contribution in [-0.4, -0.2) is 28.1 Å². The molecule has 0 saturated carbocycles. The molecule has 0 saturated heterocycles. The molecule has 0 spiro atoms. The molecule has 1 heterocycles. The van der Waals surface area contributed by atoms with Gasteiger partial charge in [-0.2, -0.15) is 5.26 Å². The lowest BCUT2D eigenvalue weighted by molar-refractivity contribution is 0.0600. The predicted octanol–water partition coefficient (Wildman–Crippen LogP) is 2.65. The number of nitriles is 1. The summed E-state index contributed by atoms with van der Waals surface area (Å²) in [5.74, 6) is -0.367. The molecule has 3 aromatic rings. The number of methoxy groups -OCH3 is 1. The molecule has 6 heteroatoms. The Labute approximate surface area is 138 Å². The Balaban J connectivity index is 1.79. The zero-order valence-electron chi connectivity index (χ0n) is 13.0. The molecule has 3 rings (SSSR count). The Morgan fingerprint density at radius 2 is 2.04 bits per heavy atom. The van der Waals surface area contributed by atoms with Gasteiger partial charge in [0.25, 0.3) is 0 Å². The second-order valence-corrected chi connectivity index (χ2v) is 5.18. The molecule has 2 aromatic carbocycles. The molecule has 118 valence electrons. The van der Waals surface area contributed by atoms with Crippen LogP contribution < -0.4 is 0 Å². The van der Waals surface area contributed by atoms with Gasteiger partial charge in [0.1, 0.15) is 5.69 Å². The van der Waals surface area contributed by atoms with Crippen molar-refractivity contribution >= 4 is 5.97 Å². The van der Waals surface area contributed by atoms with Gasteiger partial charge in [-0.25, -0.2) is 9.48 Å². The third-order valence-corrected chi connectivity index (χ3v) is 3.54. The van der Waals surface area contributed by atoms with Crippen molar-refractivity contribution in [1.82, 2.24) is 15.0 Å². The number of nitrogens with zero attached hydrogens (tertiary/aromatic N) is 4. The van der Waals surface area contributed by atoms with Crippen molar-refractivity contribution in [1.29, 1.82) is 5.26 Å². The summed E-state index contributed by atoms with van der Waals surface area (Å²) in [5.41, 5.74) is 3.65. The Kier molecular flexibility index (Phi) is 4.34. The zero-order valence-corrected chi connectivity index (χ0v) is 13.0. The number of benzene rings is 2. The smallest absolute Gasteiger partial charge is 0.337 e. The van der Waals surface area contributed by atoms with Gasteiger partial charge >= 0.3 is 5.97 Å². The largest absolute Gasteiger partial charge is 0.465 e. The van der Waals surface area contributed by atoms with Gasteiger partial charge in [0.2, 0.25) is 0 Å². The molecule has 1 aromatic heterocycles. The van der Waals surface area contributed by atoms with Crippen LogP contribution in [0.4, 0.5) is 0 Å². The van der Waals surface area contributed by atoms with Crippen LogP contribution in [0.3, 0.4) is 0 Å². The number of esters is 1. The molecule has 0 radical (unpaired) electrons. The van der Waals surface area contributed by atoms with E-state index >= 15 is 0 Å². The average Bonchev–Trinajstić information content (AvgIpc) is 3.09. The van der Waals surface area contributed by atoms with E-state index in [-0.39, 0.29) is 5.97 Å². The van der Waals surface area contributed by atoms with Crippen LogP contribution in [0.15, 0.2) is 54.7 Å². The third kappa shape index (κ3) is 3.31. The quantitative estimate of drug-likeness (QED) is 0.691. The van der Waals surface area contributed by atoms with E-state index < -0.39 is 0 Å². The minimum absolute atomic E-state index is 0.367. The van der Waals surface area contributed by atoms with Gasteiger partial charge in [-0.3, -0.25) is 0 Å². The SMILES string of the molecule is COC(=O)c1cccc(Cn2cc(-c3ccc(C#N)cc3)nn2)c1. The van der Waals surface area contributed by atoms with E-state index in [1.165, 1.54) is 7.11 Å². The van der Waals surface area contributed by atoms with E-state index in [1.807, 2.05) is 24.4 Å². The molecular formula is C18H14N4O2. The Morgan fingerprint density at radius 3 is 2.75 bits per heavy atom. The van der Waals surface area contributed by atoms with Crippen molar-refractivity contribution in [2.45, 2.75) is 6.54 Å². The first-order chi connectivity index (χ1) is 11.7. The lowest BCUT2D eigenvalue weighted by Gasteiger charge is -2.03. The van der Waals surface area contributed by atoms with Gasteiger partial charge in [-0.05, 0) is 29.8 Å². The van der Waals surface area contributed by atoms with E-state index in [0.717, 1.165) is 16.8 Å². The first-order valence-corrected chi connectivity index (χ1v) is 7.27. The van der Waals surface area contributed by atoms with E-state index in [1.54, 1.807) is 35.0 Å². The molecule has 0 N–H and O–H groups in total. The summed E-state index contributed by atoms with van der Waals surface area (Å²) in [5, 5.41) is 17.1. The highest BCUT2D eigenvalue weighted by Gasteiger charge is 2.08. The molecule has 0 aliphatic heterocycles. The van der Waals surface area contributed by atoms with Crippen LogP contribution in [0.1, 0.15) is 21.5 Å². The molecule has 0 fully saturated rings. The van der Waals surface area contributed by atoms with Gasteiger partial charge in [-0.15, -0.1) is 5.10 Å². The third-order valence-electron chi connectivity index (χ3n) is 3.54. The van der Waals surface area contributed by atoms with Crippen molar-refractivity contribution in [2.75, 3.05) is 7.11 Å². The fourth-order valence-electron chi connectivity index (χ4n) is 2.33. The number of carbonyl (C=O) groups is 1. The van der Waals surface area contributed by atoms with Gasteiger partial charge < -0.3 is 4.74 Å². The van der Waals surface area contributed by atoms with E-state index in [4.69, 9.17) is 10.00 Å². The normalized spacial score (nSPS) is 10.2. The van der Waals surface area contributed by atoms with Crippen LogP contribution in [0.2, 0.25) is 0 Å². The molecule has 0 atom stereocenters. The van der Waals surface area contributed by atoms with Crippen molar-refractivity contribution in [2.24, 2.45) is 0 Å². The molecular weight excluding hydrogens is 304 g/mol. The summed E-state index contributed by atoms with van der Waals surface area (Å²) in [7, 11) is 1.36. The number of hydrogen-bond donors (Lipinski definition) is 0. The van der Waals surface area contributed by atoms with Crippen molar-refractivity contribution in [3.05, 3.63) is 71.4 Å². The number of rotatable bonds is 4. The monoisotopic (exact) mass is 318 g/mol. The number of ether oxygens (including phenoxy) is 1. The van der Waals surface area contributed by atoms with Crippen LogP contribution in [-0.2, 0) is 11.3 Å². The second-order valence-electron chi connectivity index (χ2n) is 5.18. The lowest BCUT2D eigenvalue weighted by atomic mass is 10.1. The molecule has 6 nitrogen and oxygen atoms in total. The number of carbonyl (C=O) groups excluding carboxylic acids is 1. The molecule has 0 aliphatic carbocycles. The van der Waals surface area contributed by atoms with Crippen molar-refractivity contribution in [3.63, 3.8) is 0 Å². The Hall–Kier alpha value is -3.46. The summed E-state index contributed by atoms with van der Waals surface area (Å²) in [6.07, 6.45) is 1.83. The molecule has 0 amide bonds. The Morgan fingerprint density at radius 1 is 1.25 bits per heavy atom. The van der Waals surface area contributed by atoms with Crippen LogP contribution in [0, 0.1) is 11.3 Å². The highest BCUT2D eigenvalue weighted by atomic mass is 16.5. The predicted molar refractivity (Wildman–Crippen MR) is 87.1 cm³/mol. The maximum atomic E-state index is 11.6. The molecule has 0 bridgehead atoms. The highest BCUT2D eigenvalue weighted by Crippen LogP contribution is 2.17. The van der Waals surface area contributed by atoms with Gasteiger partial charge in [0.15, 0.2) is 0 Å². The standard InChI is InChI=1S/C18H14N4O2/c1-24-18(23)16-4-2-3-14(9-16)11-22-12-17(20-21-22)15-7-5-13(10-19)6-8-15/h2-9,12H,11H2,1H3. The maximum absolute atomic E-state index is 11.6. The summed E-state index contributed by atoms with van der Waals surface area (Å²) in [4.78, 5) is 11.6. The number of hydrogen-bond acceptors (Lipinski definition) is 5. The topological polar surface area (TPSA) is 80.8 Å². The fourth-order valence-corrected chi connectivity index (χ4v) is 2.33. The van der Waals surface area contributed by atoms with E-state index in [9.17, 15) is 4.79 Å². The Bertz CT molecular complexity index is 907. The van der Waals surface area contributed by atoms with Crippen LogP contribution in [0.25, 0.3) is 11.3 Å². The van der Waals surface area contributed by atoms with Gasteiger partial charge in [0, 0.05) is 5.56 Å². The average molecular weight is 318 g/mol. The maximum Gasteiger partial charge on any atom is 0.337 e. The van der Waals surface area contributed by atoms with E-state index in [2.05, 4.69) is 16.4 Å². The van der Waals surface area contributed by atoms with Gasteiger partial charge in [-0.1, -0.05) is 29.5 Å². The van der Waals surface area contributed by atoms with Gasteiger partial charge in [0.05, 0.1) is 37.0 Å². The minimum atomic E-state index is -0.367. The minimum Gasteiger partial charge on any atom is -0.465 e. The molecule has 0 aliphatic rings. The zero-order chi connectivity index (χ0) is 16.9. The second kappa shape index (κ2) is 6.75. The van der Waals surface area contributed by atoms with Crippen LogP contribution in [0.5, 0.6) is 0 Å². The summed E-state index contributed by atoms with van der Waals surface area (Å²) >= 11 is 0. The van der Waals surface area contributed by atoms with Crippen molar-refractivity contribution in [3.8, 4) is 17.3 Å². The van der Waals surface area contributed by atoms with Crippen molar-refractivity contribution < 1.29 is 9.53 Å². The number of aromatic nitrogens is 3. The summed E-state index contributed by atoms with van der Waals surface area (Å²) in [6, 6.07) is 16.4. The lowest BCUT2D eigenvalue weighted by Crippen LogP contribution is -2.04. The first-order valence-electron chi connectivity index (χ1n) is 7.27. The first kappa shape index (κ1) is 15.4.